The van der Waals surface area contributed by atoms with E-state index in [2.05, 4.69) is 17.5 Å². The third-order valence-corrected chi connectivity index (χ3v) is 3.32. The Balaban J connectivity index is 1.67. The normalized spacial score (nSPS) is 16.2. The highest BCUT2D eigenvalue weighted by Gasteiger charge is 2.08. The van der Waals surface area contributed by atoms with E-state index in [1.807, 2.05) is 30.3 Å². The van der Waals surface area contributed by atoms with Crippen LogP contribution in [0.5, 0.6) is 0 Å². The van der Waals surface area contributed by atoms with Crippen LogP contribution in [0.2, 0.25) is 0 Å². The fourth-order valence-electron chi connectivity index (χ4n) is 2.15. The molecule has 1 atom stereocenters. The summed E-state index contributed by atoms with van der Waals surface area (Å²) in [5.41, 5.74) is 8.73. The molecule has 0 fully saturated rings. The number of nitrogens with one attached hydrogen (secondary N) is 1. The van der Waals surface area contributed by atoms with E-state index in [1.54, 1.807) is 0 Å². The molecular formula is C16H22N2O. The molecule has 0 amide bonds. The van der Waals surface area contributed by atoms with E-state index >= 15 is 0 Å². The largest absolute Gasteiger partial charge is 0.399 e. The maximum absolute atomic E-state index is 10.0. The maximum atomic E-state index is 10.0. The van der Waals surface area contributed by atoms with E-state index in [1.165, 1.54) is 5.56 Å². The first-order valence-corrected chi connectivity index (χ1v) is 6.85. The second-order valence-electron chi connectivity index (χ2n) is 4.90. The number of allylic oxidation sites excluding steroid dienone is 2. The summed E-state index contributed by atoms with van der Waals surface area (Å²) in [4.78, 5) is 0. The lowest BCUT2D eigenvalue weighted by atomic mass is 10.0. The zero-order valence-electron chi connectivity index (χ0n) is 11.2. The van der Waals surface area contributed by atoms with Crippen LogP contribution < -0.4 is 11.1 Å². The Kier molecular flexibility index (Phi) is 5.19. The number of nitrogen functional groups attached to an aromatic ring is 1. The van der Waals surface area contributed by atoms with Gasteiger partial charge in [-0.05, 0) is 49.1 Å². The predicted molar refractivity (Wildman–Crippen MR) is 79.9 cm³/mol. The summed E-state index contributed by atoms with van der Waals surface area (Å²) in [7, 11) is 0. The molecule has 0 saturated carbocycles. The third-order valence-electron chi connectivity index (χ3n) is 3.32. The van der Waals surface area contributed by atoms with Crippen molar-refractivity contribution in [1.82, 2.24) is 5.32 Å². The molecule has 1 aromatic carbocycles. The zero-order valence-corrected chi connectivity index (χ0v) is 11.2. The first kappa shape index (κ1) is 13.8. The summed E-state index contributed by atoms with van der Waals surface area (Å²) in [6.45, 7) is 1.46. The highest BCUT2D eigenvalue weighted by atomic mass is 16.3. The molecule has 102 valence electrons. The van der Waals surface area contributed by atoms with Crippen molar-refractivity contribution in [1.29, 1.82) is 0 Å². The Morgan fingerprint density at radius 3 is 2.68 bits per heavy atom. The fraction of sp³-hybridized carbons (Fsp3) is 0.375. The Morgan fingerprint density at radius 2 is 2.00 bits per heavy atom. The van der Waals surface area contributed by atoms with Crippen molar-refractivity contribution in [3.63, 3.8) is 0 Å². The van der Waals surface area contributed by atoms with Gasteiger partial charge in [-0.15, -0.1) is 0 Å². The molecule has 2 rings (SSSR count). The minimum Gasteiger partial charge on any atom is -0.399 e. The van der Waals surface area contributed by atoms with E-state index in [9.17, 15) is 5.11 Å². The standard InChI is InChI=1S/C16H22N2O/c17-15-8-6-13(7-9-15)10-11-18-12-16(19)14-4-2-1-3-5-14/h2,4-9,16,18-19H,1,3,10-12,17H2/t16-/m0/s1. The third kappa shape index (κ3) is 4.54. The SMILES string of the molecule is Nc1ccc(CCNC[C@H](O)C2=CCCC=C2)cc1. The van der Waals surface area contributed by atoms with Crippen molar-refractivity contribution in [3.05, 3.63) is 53.6 Å². The first-order valence-electron chi connectivity index (χ1n) is 6.85. The van der Waals surface area contributed by atoms with E-state index in [4.69, 9.17) is 5.73 Å². The lowest BCUT2D eigenvalue weighted by Gasteiger charge is -2.15. The van der Waals surface area contributed by atoms with Crippen molar-refractivity contribution in [2.45, 2.75) is 25.4 Å². The summed E-state index contributed by atoms with van der Waals surface area (Å²) in [5.74, 6) is 0. The molecule has 1 aliphatic rings. The van der Waals surface area contributed by atoms with Gasteiger partial charge in [0, 0.05) is 12.2 Å². The van der Waals surface area contributed by atoms with Gasteiger partial charge in [-0.2, -0.15) is 0 Å². The van der Waals surface area contributed by atoms with Crippen molar-refractivity contribution < 1.29 is 5.11 Å². The van der Waals surface area contributed by atoms with Crippen LogP contribution >= 0.6 is 0 Å². The maximum Gasteiger partial charge on any atom is 0.0911 e. The lowest BCUT2D eigenvalue weighted by Crippen LogP contribution is -2.29. The Hall–Kier alpha value is -1.58. The van der Waals surface area contributed by atoms with Gasteiger partial charge in [0.25, 0.3) is 0 Å². The van der Waals surface area contributed by atoms with Gasteiger partial charge in [0.05, 0.1) is 6.10 Å². The van der Waals surface area contributed by atoms with Crippen LogP contribution in [0.4, 0.5) is 5.69 Å². The molecule has 0 radical (unpaired) electrons. The van der Waals surface area contributed by atoms with Crippen molar-refractivity contribution >= 4 is 5.69 Å². The van der Waals surface area contributed by atoms with Crippen molar-refractivity contribution in [2.24, 2.45) is 0 Å². The number of hydrogen-bond donors (Lipinski definition) is 3. The first-order chi connectivity index (χ1) is 9.25. The van der Waals surface area contributed by atoms with E-state index < -0.39 is 6.10 Å². The number of rotatable bonds is 6. The minimum atomic E-state index is -0.400. The van der Waals surface area contributed by atoms with Crippen LogP contribution in [-0.4, -0.2) is 24.3 Å². The molecule has 0 saturated heterocycles. The predicted octanol–water partition coefficient (Wildman–Crippen LogP) is 2.04. The molecule has 0 bridgehead atoms. The summed E-state index contributed by atoms with van der Waals surface area (Å²) in [6, 6.07) is 7.92. The lowest BCUT2D eigenvalue weighted by molar-refractivity contribution is 0.210. The monoisotopic (exact) mass is 258 g/mol. The molecule has 3 nitrogen and oxygen atoms in total. The minimum absolute atomic E-state index is 0.400. The van der Waals surface area contributed by atoms with E-state index in [0.717, 1.165) is 37.1 Å². The van der Waals surface area contributed by atoms with Crippen LogP contribution in [0.1, 0.15) is 18.4 Å². The second-order valence-corrected chi connectivity index (χ2v) is 4.90. The fourth-order valence-corrected chi connectivity index (χ4v) is 2.15. The molecule has 0 spiro atoms. The van der Waals surface area contributed by atoms with Gasteiger partial charge in [0.1, 0.15) is 0 Å². The van der Waals surface area contributed by atoms with Crippen LogP contribution in [0.15, 0.2) is 48.1 Å². The number of anilines is 1. The number of hydrogen-bond acceptors (Lipinski definition) is 3. The molecule has 0 unspecified atom stereocenters. The van der Waals surface area contributed by atoms with Crippen LogP contribution in [0, 0.1) is 0 Å². The summed E-state index contributed by atoms with van der Waals surface area (Å²) in [5, 5.41) is 13.3. The van der Waals surface area contributed by atoms with Gasteiger partial charge in [-0.1, -0.05) is 30.4 Å². The van der Waals surface area contributed by atoms with Crippen molar-refractivity contribution in [3.8, 4) is 0 Å². The summed E-state index contributed by atoms with van der Waals surface area (Å²) in [6.07, 6.45) is 8.93. The zero-order chi connectivity index (χ0) is 13.5. The topological polar surface area (TPSA) is 58.3 Å². The molecule has 1 aliphatic carbocycles. The second kappa shape index (κ2) is 7.12. The van der Waals surface area contributed by atoms with Gasteiger partial charge in [-0.25, -0.2) is 0 Å². The molecule has 0 aliphatic heterocycles. The average Bonchev–Trinajstić information content (AvgIpc) is 2.46. The quantitative estimate of drug-likeness (QED) is 0.540. The number of benzene rings is 1. The Bertz CT molecular complexity index is 448. The molecule has 4 N–H and O–H groups in total. The van der Waals surface area contributed by atoms with Crippen molar-refractivity contribution in [2.75, 3.05) is 18.8 Å². The molecule has 19 heavy (non-hydrogen) atoms. The average molecular weight is 258 g/mol. The van der Waals surface area contributed by atoms with Gasteiger partial charge in [0.15, 0.2) is 0 Å². The van der Waals surface area contributed by atoms with Crippen LogP contribution in [0.25, 0.3) is 0 Å². The van der Waals surface area contributed by atoms with Gasteiger partial charge in [-0.3, -0.25) is 0 Å². The Morgan fingerprint density at radius 1 is 1.21 bits per heavy atom. The number of aliphatic hydroxyl groups excluding tert-OH is 1. The van der Waals surface area contributed by atoms with Crippen LogP contribution in [-0.2, 0) is 6.42 Å². The summed E-state index contributed by atoms with van der Waals surface area (Å²) >= 11 is 0. The summed E-state index contributed by atoms with van der Waals surface area (Å²) < 4.78 is 0. The smallest absolute Gasteiger partial charge is 0.0911 e. The molecular weight excluding hydrogens is 236 g/mol. The van der Waals surface area contributed by atoms with E-state index in [-0.39, 0.29) is 0 Å². The number of nitrogens with two attached hydrogens (primary N) is 1. The van der Waals surface area contributed by atoms with Gasteiger partial charge >= 0.3 is 0 Å². The molecule has 3 heteroatoms. The highest BCUT2D eigenvalue weighted by molar-refractivity contribution is 5.39. The van der Waals surface area contributed by atoms with E-state index in [0.29, 0.717) is 6.54 Å². The molecule has 0 aromatic heterocycles. The van der Waals surface area contributed by atoms with Gasteiger partial charge < -0.3 is 16.2 Å². The van der Waals surface area contributed by atoms with Crippen LogP contribution in [0.3, 0.4) is 0 Å². The highest BCUT2D eigenvalue weighted by Crippen LogP contribution is 2.13. The molecule has 0 heterocycles. The number of aliphatic hydroxyl groups is 1. The van der Waals surface area contributed by atoms with Gasteiger partial charge in [0.2, 0.25) is 0 Å². The Labute approximate surface area is 114 Å². The molecule has 1 aromatic rings.